The summed E-state index contributed by atoms with van der Waals surface area (Å²) in [5.74, 6) is 0.203. The highest BCUT2D eigenvalue weighted by atomic mass is 31.2. The minimum atomic E-state index is -2.82. The molecule has 0 saturated heterocycles. The number of aliphatic hydroxyl groups excluding tert-OH is 1. The van der Waals surface area contributed by atoms with Crippen molar-refractivity contribution >= 4 is 17.8 Å². The highest BCUT2D eigenvalue weighted by Crippen LogP contribution is 2.51. The fourth-order valence-corrected chi connectivity index (χ4v) is 6.18. The number of hydrogen-bond donors (Lipinski definition) is 1. The molecule has 0 unspecified atom stereocenters. The van der Waals surface area contributed by atoms with Crippen molar-refractivity contribution in [3.05, 3.63) is 72.8 Å². The molecule has 0 heterocycles. The van der Waals surface area contributed by atoms with Gasteiger partial charge in [0.15, 0.2) is 0 Å². The first-order valence-electron chi connectivity index (χ1n) is 7.59. The van der Waals surface area contributed by atoms with Gasteiger partial charge in [0.05, 0.1) is 6.61 Å². The maximum absolute atomic E-state index is 14.1. The molecule has 0 aliphatic heterocycles. The first-order valence-corrected chi connectivity index (χ1v) is 9.36. The van der Waals surface area contributed by atoms with E-state index in [4.69, 9.17) is 5.11 Å². The third-order valence-electron chi connectivity index (χ3n) is 3.82. The number of allylic oxidation sites excluding steroid dienone is 1. The third kappa shape index (κ3) is 3.40. The van der Waals surface area contributed by atoms with E-state index in [9.17, 15) is 4.57 Å². The standard InChI is InChI=1S/C19H23O2P/c1-16(2)19(14-9-15-20)22(21,17-10-5-3-6-11-17)18-12-7-4-8-13-18/h3-14,16,19-20H,15H2,1-2H3/b14-9+/t19-/m0/s1. The summed E-state index contributed by atoms with van der Waals surface area (Å²) >= 11 is 0. The van der Waals surface area contributed by atoms with Crippen molar-refractivity contribution in [3.63, 3.8) is 0 Å². The lowest BCUT2D eigenvalue weighted by Gasteiger charge is -2.29. The third-order valence-corrected chi connectivity index (χ3v) is 7.56. The van der Waals surface area contributed by atoms with Crippen LogP contribution in [0.4, 0.5) is 0 Å². The van der Waals surface area contributed by atoms with Crippen molar-refractivity contribution in [3.8, 4) is 0 Å². The van der Waals surface area contributed by atoms with Gasteiger partial charge in [-0.1, -0.05) is 86.7 Å². The molecule has 0 fully saturated rings. The Morgan fingerprint density at radius 2 is 1.41 bits per heavy atom. The summed E-state index contributed by atoms with van der Waals surface area (Å²) in [6.45, 7) is 4.11. The van der Waals surface area contributed by atoms with E-state index in [-0.39, 0.29) is 18.2 Å². The Morgan fingerprint density at radius 3 is 1.77 bits per heavy atom. The number of hydrogen-bond acceptors (Lipinski definition) is 2. The molecule has 0 aromatic heterocycles. The van der Waals surface area contributed by atoms with Gasteiger partial charge in [-0.05, 0) is 5.92 Å². The molecule has 22 heavy (non-hydrogen) atoms. The quantitative estimate of drug-likeness (QED) is 0.654. The zero-order valence-electron chi connectivity index (χ0n) is 13.1. The largest absolute Gasteiger partial charge is 0.392 e. The number of rotatable bonds is 6. The van der Waals surface area contributed by atoms with Crippen molar-refractivity contribution in [2.75, 3.05) is 6.61 Å². The first-order chi connectivity index (χ1) is 10.6. The molecule has 0 radical (unpaired) electrons. The summed E-state index contributed by atoms with van der Waals surface area (Å²) in [6, 6.07) is 19.4. The number of benzene rings is 2. The Labute approximate surface area is 132 Å². The van der Waals surface area contributed by atoms with Gasteiger partial charge in [0, 0.05) is 16.3 Å². The Kier molecular flexibility index (Phi) is 5.76. The molecular weight excluding hydrogens is 291 g/mol. The van der Waals surface area contributed by atoms with Crippen LogP contribution in [0.2, 0.25) is 0 Å². The zero-order valence-corrected chi connectivity index (χ0v) is 14.0. The van der Waals surface area contributed by atoms with E-state index in [1.54, 1.807) is 6.08 Å². The molecule has 0 bridgehead atoms. The predicted octanol–water partition coefficient (Wildman–Crippen LogP) is 3.57. The lowest BCUT2D eigenvalue weighted by atomic mass is 10.1. The van der Waals surface area contributed by atoms with Gasteiger partial charge >= 0.3 is 0 Å². The van der Waals surface area contributed by atoms with Crippen molar-refractivity contribution in [1.29, 1.82) is 0 Å². The Morgan fingerprint density at radius 1 is 0.955 bits per heavy atom. The molecular formula is C19H23O2P. The molecule has 0 spiro atoms. The zero-order chi connectivity index (χ0) is 16.0. The molecule has 116 valence electrons. The fraction of sp³-hybridized carbons (Fsp3) is 0.263. The molecule has 0 saturated carbocycles. The Bertz CT molecular complexity index is 604. The van der Waals surface area contributed by atoms with Gasteiger partial charge in [-0.3, -0.25) is 0 Å². The van der Waals surface area contributed by atoms with Gasteiger partial charge in [0.2, 0.25) is 0 Å². The van der Waals surface area contributed by atoms with Crippen molar-refractivity contribution < 1.29 is 9.67 Å². The summed E-state index contributed by atoms with van der Waals surface area (Å²) in [7, 11) is -2.82. The SMILES string of the molecule is CC(C)[C@H](/C=C/CO)P(=O)(c1ccccc1)c1ccccc1. The van der Waals surface area contributed by atoms with E-state index in [1.807, 2.05) is 66.7 Å². The molecule has 2 rings (SSSR count). The second-order valence-corrected chi connectivity index (χ2v) is 8.62. The van der Waals surface area contributed by atoms with Crippen LogP contribution in [-0.2, 0) is 4.57 Å². The highest BCUT2D eigenvalue weighted by molar-refractivity contribution is 7.79. The van der Waals surface area contributed by atoms with Crippen LogP contribution in [0, 0.1) is 5.92 Å². The maximum atomic E-state index is 14.1. The van der Waals surface area contributed by atoms with Gasteiger partial charge < -0.3 is 9.67 Å². The van der Waals surface area contributed by atoms with E-state index in [0.717, 1.165) is 10.6 Å². The average Bonchev–Trinajstić information content (AvgIpc) is 2.56. The van der Waals surface area contributed by atoms with Crippen molar-refractivity contribution in [2.24, 2.45) is 5.92 Å². The van der Waals surface area contributed by atoms with E-state index < -0.39 is 7.14 Å². The van der Waals surface area contributed by atoms with E-state index in [0.29, 0.717) is 0 Å². The molecule has 0 aliphatic rings. The predicted molar refractivity (Wildman–Crippen MR) is 94.6 cm³/mol. The molecule has 0 amide bonds. The lowest BCUT2D eigenvalue weighted by molar-refractivity contribution is 0.342. The molecule has 2 aromatic carbocycles. The molecule has 1 atom stereocenters. The van der Waals surface area contributed by atoms with Crippen LogP contribution in [-0.4, -0.2) is 17.4 Å². The van der Waals surface area contributed by atoms with Crippen molar-refractivity contribution in [2.45, 2.75) is 19.5 Å². The summed E-state index contributed by atoms with van der Waals surface area (Å²) in [5, 5.41) is 10.9. The van der Waals surface area contributed by atoms with Gasteiger partial charge in [-0.15, -0.1) is 0 Å². The van der Waals surface area contributed by atoms with Crippen LogP contribution in [0.25, 0.3) is 0 Å². The molecule has 2 nitrogen and oxygen atoms in total. The molecule has 3 heteroatoms. The van der Waals surface area contributed by atoms with Gasteiger partial charge in [-0.2, -0.15) is 0 Å². The van der Waals surface area contributed by atoms with E-state index in [1.165, 1.54) is 0 Å². The summed E-state index contributed by atoms with van der Waals surface area (Å²) in [4.78, 5) is 0. The summed E-state index contributed by atoms with van der Waals surface area (Å²) < 4.78 is 14.1. The second-order valence-electron chi connectivity index (χ2n) is 5.67. The smallest absolute Gasteiger partial charge is 0.150 e. The molecule has 2 aromatic rings. The summed E-state index contributed by atoms with van der Waals surface area (Å²) in [6.07, 6.45) is 3.61. The topological polar surface area (TPSA) is 37.3 Å². The minimum absolute atomic E-state index is 0.0349. The average molecular weight is 314 g/mol. The number of aliphatic hydroxyl groups is 1. The van der Waals surface area contributed by atoms with Crippen LogP contribution in [0.1, 0.15) is 13.8 Å². The van der Waals surface area contributed by atoms with Crippen LogP contribution in [0.5, 0.6) is 0 Å². The van der Waals surface area contributed by atoms with Crippen LogP contribution >= 0.6 is 7.14 Å². The Balaban J connectivity index is 2.65. The van der Waals surface area contributed by atoms with E-state index in [2.05, 4.69) is 13.8 Å². The fourth-order valence-electron chi connectivity index (χ4n) is 2.76. The van der Waals surface area contributed by atoms with Gasteiger partial charge in [0.1, 0.15) is 7.14 Å². The summed E-state index contributed by atoms with van der Waals surface area (Å²) in [5.41, 5.74) is -0.135. The van der Waals surface area contributed by atoms with Crippen molar-refractivity contribution in [1.82, 2.24) is 0 Å². The monoisotopic (exact) mass is 314 g/mol. The Hall–Kier alpha value is -1.63. The highest BCUT2D eigenvalue weighted by Gasteiger charge is 2.36. The molecule has 1 N–H and O–H groups in total. The van der Waals surface area contributed by atoms with Crippen LogP contribution in [0.15, 0.2) is 72.8 Å². The van der Waals surface area contributed by atoms with Crippen LogP contribution < -0.4 is 10.6 Å². The normalized spacial score (nSPS) is 13.6. The lowest BCUT2D eigenvalue weighted by Crippen LogP contribution is -2.28. The van der Waals surface area contributed by atoms with E-state index >= 15 is 0 Å². The maximum Gasteiger partial charge on any atom is 0.150 e. The van der Waals surface area contributed by atoms with Gasteiger partial charge in [-0.25, -0.2) is 0 Å². The first kappa shape index (κ1) is 16.7. The van der Waals surface area contributed by atoms with Gasteiger partial charge in [0.25, 0.3) is 0 Å². The minimum Gasteiger partial charge on any atom is -0.392 e. The van der Waals surface area contributed by atoms with Crippen LogP contribution in [0.3, 0.4) is 0 Å². The second kappa shape index (κ2) is 7.58. The molecule has 0 aliphatic carbocycles.